The van der Waals surface area contributed by atoms with Crippen LogP contribution in [0.3, 0.4) is 0 Å². The summed E-state index contributed by atoms with van der Waals surface area (Å²) < 4.78 is 11.9. The van der Waals surface area contributed by atoms with Crippen LogP contribution in [0.25, 0.3) is 11.1 Å². The molecule has 1 aliphatic carbocycles. The first kappa shape index (κ1) is 11.4. The highest BCUT2D eigenvalue weighted by Gasteiger charge is 2.29. The van der Waals surface area contributed by atoms with E-state index in [-0.39, 0.29) is 5.92 Å². The van der Waals surface area contributed by atoms with Crippen LogP contribution >= 0.6 is 11.3 Å². The summed E-state index contributed by atoms with van der Waals surface area (Å²) >= 11 is 1.65. The number of fused-ring (bicyclic) bond motifs is 1. The van der Waals surface area contributed by atoms with Gasteiger partial charge in [-0.3, -0.25) is 4.94 Å². The molecular weight excluding hydrogens is 251 g/mol. The van der Waals surface area contributed by atoms with Crippen LogP contribution in [0.15, 0.2) is 35.0 Å². The van der Waals surface area contributed by atoms with E-state index in [9.17, 15) is 9.32 Å². The van der Waals surface area contributed by atoms with Crippen LogP contribution in [0.2, 0.25) is 0 Å². The largest absolute Gasteiger partial charge is 0.352 e. The molecule has 1 heterocycles. The highest BCUT2D eigenvalue weighted by Crippen LogP contribution is 2.32. The van der Waals surface area contributed by atoms with E-state index in [1.54, 1.807) is 11.3 Å². The first-order chi connectivity index (χ1) is 8.78. The normalized spacial score (nSPS) is 17.5. The second-order valence-corrected chi connectivity index (χ2v) is 5.28. The molecule has 0 aliphatic heterocycles. The highest BCUT2D eigenvalue weighted by molar-refractivity contribution is 7.08. The minimum Gasteiger partial charge on any atom is -0.255 e. The Hall–Kier alpha value is -1.68. The summed E-state index contributed by atoms with van der Waals surface area (Å²) in [6.45, 7) is 0. The number of hydrogen-bond acceptors (Lipinski definition) is 3. The Morgan fingerprint density at radius 1 is 1.22 bits per heavy atom. The van der Waals surface area contributed by atoms with Crippen molar-refractivity contribution in [2.24, 2.45) is 5.92 Å². The van der Waals surface area contributed by atoms with E-state index in [1.807, 2.05) is 17.5 Å². The van der Waals surface area contributed by atoms with Gasteiger partial charge in [0, 0.05) is 4.53 Å². The Morgan fingerprint density at radius 2 is 2.06 bits per heavy atom. The maximum atomic E-state index is 11.9. The van der Waals surface area contributed by atoms with Gasteiger partial charge in [0.25, 0.3) is 0 Å². The molecule has 0 radical (unpaired) electrons. The van der Waals surface area contributed by atoms with Crippen LogP contribution < -0.4 is 0 Å². The molecule has 4 heteroatoms. The third-order valence-corrected chi connectivity index (χ3v) is 4.09. The van der Waals surface area contributed by atoms with Gasteiger partial charge in [-0.2, -0.15) is 11.3 Å². The Bertz CT molecular complexity index is 577. The van der Waals surface area contributed by atoms with E-state index < -0.39 is 5.97 Å². The van der Waals surface area contributed by atoms with Crippen LogP contribution in [0, 0.1) is 5.92 Å². The molecule has 0 bridgehead atoms. The van der Waals surface area contributed by atoms with Gasteiger partial charge in [0.05, 0.1) is 5.92 Å². The van der Waals surface area contributed by atoms with Crippen molar-refractivity contribution in [3.63, 3.8) is 0 Å². The smallest absolute Gasteiger partial charge is 0.255 e. The molecule has 0 amide bonds. The summed E-state index contributed by atoms with van der Waals surface area (Å²) in [6, 6.07) is 8.22. The van der Waals surface area contributed by atoms with Crippen LogP contribution in [-0.2, 0) is 22.6 Å². The molecule has 0 fully saturated rings. The van der Waals surface area contributed by atoms with Gasteiger partial charge >= 0.3 is 5.97 Å². The molecule has 1 unspecified atom stereocenters. The summed E-state index contributed by atoms with van der Waals surface area (Å²) in [5.41, 5.74) is 4.56. The molecule has 1 aliphatic rings. The fourth-order valence-electron chi connectivity index (χ4n) is 2.46. The molecule has 1 aromatic heterocycles. The Kier molecular flexibility index (Phi) is 2.88. The molecular formula is C14H11FO2S. The lowest BCUT2D eigenvalue weighted by atomic mass is 10.0. The molecule has 0 spiro atoms. The standard InChI is InChI=1S/C14H11FO2S/c15-17-14(16)13-6-10-2-1-9(5-12(10)7-13)11-3-4-18-8-11/h1-5,8,13H,6-7H2. The van der Waals surface area contributed by atoms with Gasteiger partial charge in [-0.05, 0) is 51.9 Å². The Balaban J connectivity index is 1.89. The first-order valence-electron chi connectivity index (χ1n) is 5.74. The van der Waals surface area contributed by atoms with Crippen LogP contribution in [0.4, 0.5) is 4.53 Å². The van der Waals surface area contributed by atoms with E-state index >= 15 is 0 Å². The van der Waals surface area contributed by atoms with E-state index in [0.29, 0.717) is 12.8 Å². The molecule has 1 atom stereocenters. The number of thiophene rings is 1. The Labute approximate surface area is 108 Å². The molecule has 2 aromatic rings. The molecule has 3 rings (SSSR count). The van der Waals surface area contributed by atoms with E-state index in [2.05, 4.69) is 22.5 Å². The van der Waals surface area contributed by atoms with Crippen molar-refractivity contribution in [1.29, 1.82) is 0 Å². The van der Waals surface area contributed by atoms with E-state index in [0.717, 1.165) is 16.7 Å². The molecule has 1 aromatic carbocycles. The number of rotatable bonds is 2. The maximum absolute atomic E-state index is 11.9. The predicted molar refractivity (Wildman–Crippen MR) is 67.9 cm³/mol. The SMILES string of the molecule is O=C(OF)C1Cc2ccc(-c3ccsc3)cc2C1. The highest BCUT2D eigenvalue weighted by atomic mass is 32.1. The lowest BCUT2D eigenvalue weighted by Gasteiger charge is -2.02. The van der Waals surface area contributed by atoms with E-state index in [4.69, 9.17) is 0 Å². The van der Waals surface area contributed by atoms with Gasteiger partial charge in [-0.1, -0.05) is 18.2 Å². The van der Waals surface area contributed by atoms with Crippen molar-refractivity contribution < 1.29 is 14.3 Å². The van der Waals surface area contributed by atoms with Crippen LogP contribution in [0.1, 0.15) is 11.1 Å². The number of carbonyl (C=O) groups excluding carboxylic acids is 1. The molecule has 0 saturated heterocycles. The summed E-state index contributed by atoms with van der Waals surface area (Å²) in [6.07, 6.45) is 1.14. The lowest BCUT2D eigenvalue weighted by molar-refractivity contribution is -0.188. The molecule has 2 nitrogen and oxygen atoms in total. The van der Waals surface area contributed by atoms with E-state index in [1.165, 1.54) is 5.56 Å². The third-order valence-electron chi connectivity index (χ3n) is 3.40. The summed E-state index contributed by atoms with van der Waals surface area (Å²) in [5, 5.41) is 4.12. The zero-order chi connectivity index (χ0) is 12.5. The fraction of sp³-hybridized carbons (Fsp3) is 0.214. The maximum Gasteiger partial charge on any atom is 0.352 e. The topological polar surface area (TPSA) is 26.3 Å². The molecule has 0 saturated carbocycles. The van der Waals surface area contributed by atoms with Gasteiger partial charge in [-0.15, -0.1) is 0 Å². The van der Waals surface area contributed by atoms with Crippen molar-refractivity contribution in [2.45, 2.75) is 12.8 Å². The van der Waals surface area contributed by atoms with Gasteiger partial charge in [0.2, 0.25) is 0 Å². The number of benzene rings is 1. The monoisotopic (exact) mass is 262 g/mol. The Morgan fingerprint density at radius 3 is 2.78 bits per heavy atom. The minimum atomic E-state index is -0.761. The third kappa shape index (κ3) is 1.93. The first-order valence-corrected chi connectivity index (χ1v) is 6.69. The van der Waals surface area contributed by atoms with Crippen molar-refractivity contribution in [1.82, 2.24) is 0 Å². The van der Waals surface area contributed by atoms with Crippen LogP contribution in [-0.4, -0.2) is 5.97 Å². The predicted octanol–water partition coefficient (Wildman–Crippen LogP) is 3.56. The second-order valence-electron chi connectivity index (χ2n) is 4.50. The van der Waals surface area contributed by atoms with Gasteiger partial charge in [0.15, 0.2) is 0 Å². The van der Waals surface area contributed by atoms with Crippen LogP contribution in [0.5, 0.6) is 0 Å². The lowest BCUT2D eigenvalue weighted by Crippen LogP contribution is -2.14. The fourth-order valence-corrected chi connectivity index (χ4v) is 3.12. The van der Waals surface area contributed by atoms with Crippen molar-refractivity contribution in [2.75, 3.05) is 0 Å². The molecule has 0 N–H and O–H groups in total. The zero-order valence-corrected chi connectivity index (χ0v) is 10.4. The minimum absolute atomic E-state index is 0.372. The molecule has 18 heavy (non-hydrogen) atoms. The molecule has 92 valence electrons. The van der Waals surface area contributed by atoms with Crippen molar-refractivity contribution >= 4 is 17.3 Å². The van der Waals surface area contributed by atoms with Gasteiger partial charge < -0.3 is 0 Å². The zero-order valence-electron chi connectivity index (χ0n) is 9.56. The van der Waals surface area contributed by atoms with Crippen molar-refractivity contribution in [3.8, 4) is 11.1 Å². The average molecular weight is 262 g/mol. The summed E-state index contributed by atoms with van der Waals surface area (Å²) in [5.74, 6) is -1.13. The quantitative estimate of drug-likeness (QED) is 0.827. The summed E-state index contributed by atoms with van der Waals surface area (Å²) in [7, 11) is 0. The summed E-state index contributed by atoms with van der Waals surface area (Å²) in [4.78, 5) is 14.5. The van der Waals surface area contributed by atoms with Crippen molar-refractivity contribution in [3.05, 3.63) is 46.2 Å². The number of carbonyl (C=O) groups is 1. The number of hydrogen-bond donors (Lipinski definition) is 0. The number of halogens is 1. The second kappa shape index (κ2) is 4.53. The van der Waals surface area contributed by atoms with Gasteiger partial charge in [-0.25, -0.2) is 4.79 Å². The average Bonchev–Trinajstić information content (AvgIpc) is 3.05. The van der Waals surface area contributed by atoms with Gasteiger partial charge in [0.1, 0.15) is 0 Å².